The number of rotatable bonds is 3. The lowest BCUT2D eigenvalue weighted by molar-refractivity contribution is -0.153. The van der Waals surface area contributed by atoms with E-state index in [1.54, 1.807) is 24.8 Å². The van der Waals surface area contributed by atoms with E-state index in [0.717, 1.165) is 11.8 Å². The maximum absolute atomic E-state index is 16.2. The van der Waals surface area contributed by atoms with Crippen LogP contribution in [0, 0.1) is 11.2 Å². The molecule has 39 heavy (non-hydrogen) atoms. The molecule has 206 valence electrons. The number of carbonyl (C=O) groups excluding carboxylic acids is 5. The van der Waals surface area contributed by atoms with E-state index in [9.17, 15) is 24.0 Å². The third kappa shape index (κ3) is 3.77. The Labute approximate surface area is 225 Å². The number of urea groups is 1. The van der Waals surface area contributed by atoms with Crippen LogP contribution in [0.3, 0.4) is 0 Å². The lowest BCUT2D eigenvalue weighted by Gasteiger charge is -2.55. The van der Waals surface area contributed by atoms with Gasteiger partial charge in [-0.2, -0.15) is 0 Å². The number of nitrogens with one attached hydrogen (secondary N) is 3. The minimum absolute atomic E-state index is 0.0992. The number of carbonyl (C=O) groups is 5. The maximum Gasteiger partial charge on any atom is 0.328 e. The zero-order valence-electron chi connectivity index (χ0n) is 21.2. The normalized spacial score (nSPS) is 27.9. The second-order valence-electron chi connectivity index (χ2n) is 10.3. The summed E-state index contributed by atoms with van der Waals surface area (Å²) >= 11 is 1.03. The fourth-order valence-electron chi connectivity index (χ4n) is 6.19. The van der Waals surface area contributed by atoms with Gasteiger partial charge in [0.15, 0.2) is 17.1 Å². The first kappa shape index (κ1) is 25.6. The van der Waals surface area contributed by atoms with Crippen LogP contribution in [0.15, 0.2) is 10.6 Å². The first-order valence-corrected chi connectivity index (χ1v) is 13.3. The number of amides is 6. The van der Waals surface area contributed by atoms with Crippen molar-refractivity contribution in [2.75, 3.05) is 29.4 Å². The van der Waals surface area contributed by atoms with Crippen molar-refractivity contribution in [2.24, 2.45) is 5.41 Å². The average Bonchev–Trinajstić information content (AvgIpc) is 3.43. The van der Waals surface area contributed by atoms with E-state index in [1.807, 2.05) is 0 Å². The van der Waals surface area contributed by atoms with Gasteiger partial charge in [-0.25, -0.2) is 9.18 Å². The summed E-state index contributed by atoms with van der Waals surface area (Å²) in [6.07, 6.45) is -1.23. The Morgan fingerprint density at radius 2 is 1.95 bits per heavy atom. The van der Waals surface area contributed by atoms with Crippen molar-refractivity contribution in [1.29, 1.82) is 0 Å². The summed E-state index contributed by atoms with van der Waals surface area (Å²) in [4.78, 5) is 65.7. The zero-order chi connectivity index (χ0) is 27.8. The van der Waals surface area contributed by atoms with Crippen molar-refractivity contribution in [2.45, 2.75) is 50.7 Å². The second kappa shape index (κ2) is 8.91. The van der Waals surface area contributed by atoms with E-state index < -0.39 is 41.2 Å². The summed E-state index contributed by atoms with van der Waals surface area (Å²) in [7, 11) is 0. The first-order chi connectivity index (χ1) is 18.5. The van der Waals surface area contributed by atoms with Crippen molar-refractivity contribution in [3.05, 3.63) is 17.4 Å². The predicted octanol–water partition coefficient (Wildman–Crippen LogP) is 1.04. The van der Waals surface area contributed by atoms with Crippen LogP contribution < -0.4 is 25.8 Å². The van der Waals surface area contributed by atoms with Crippen molar-refractivity contribution in [3.63, 3.8) is 0 Å². The molecule has 1 aromatic carbocycles. The molecule has 2 aromatic rings. The Hall–Kier alpha value is -3.72. The number of fused-ring (bicyclic) bond motifs is 5. The largest absolute Gasteiger partial charge is 0.372 e. The highest BCUT2D eigenvalue weighted by Crippen LogP contribution is 2.50. The van der Waals surface area contributed by atoms with Crippen LogP contribution in [0.1, 0.15) is 26.3 Å². The molecule has 0 radical (unpaired) electrons. The molecule has 15 heteroatoms. The van der Waals surface area contributed by atoms with E-state index in [2.05, 4.69) is 21.1 Å². The fourth-order valence-corrected chi connectivity index (χ4v) is 7.15. The van der Waals surface area contributed by atoms with Crippen LogP contribution in [-0.2, 0) is 25.5 Å². The molecule has 3 saturated heterocycles. The number of anilines is 2. The third-order valence-corrected chi connectivity index (χ3v) is 8.73. The number of ether oxygens (including phenoxy) is 1. The van der Waals surface area contributed by atoms with Crippen molar-refractivity contribution in [3.8, 4) is 0 Å². The van der Waals surface area contributed by atoms with Gasteiger partial charge in [0, 0.05) is 38.2 Å². The van der Waals surface area contributed by atoms with Gasteiger partial charge in [-0.15, -0.1) is 0 Å². The Morgan fingerprint density at radius 1 is 1.23 bits per heavy atom. The number of hydrogen-bond donors (Lipinski definition) is 3. The fraction of sp³-hybridized carbons (Fsp3) is 0.500. The monoisotopic (exact) mass is 560 g/mol. The number of halogens is 1. The number of morpholine rings is 1. The molecule has 4 atom stereocenters. The molecular weight excluding hydrogens is 535 g/mol. The molecule has 1 spiro atoms. The van der Waals surface area contributed by atoms with Crippen LogP contribution in [0.4, 0.5) is 25.5 Å². The topological polar surface area (TPSA) is 163 Å². The lowest BCUT2D eigenvalue weighted by Crippen LogP contribution is -2.75. The SMILES string of the molecule is CC(=O)NC[C@H]1CN(c2noc3c(F)c4c(cc23)CC2(C(=O)NC(=O)NC2=O)[C@H]2[C@H](C)O[C@H](C)CN42)C(=O)S1. The second-order valence-corrected chi connectivity index (χ2v) is 11.5. The van der Waals surface area contributed by atoms with E-state index in [-0.39, 0.29) is 71.0 Å². The molecule has 4 aliphatic rings. The van der Waals surface area contributed by atoms with Gasteiger partial charge in [-0.3, -0.25) is 34.7 Å². The molecule has 13 nitrogen and oxygen atoms in total. The maximum atomic E-state index is 16.2. The van der Waals surface area contributed by atoms with Crippen LogP contribution >= 0.6 is 11.8 Å². The predicted molar refractivity (Wildman–Crippen MR) is 136 cm³/mol. The number of thioether (sulfide) groups is 1. The molecule has 5 heterocycles. The van der Waals surface area contributed by atoms with Crippen LogP contribution in [-0.4, -0.2) is 77.3 Å². The summed E-state index contributed by atoms with van der Waals surface area (Å²) in [6.45, 7) is 5.53. The number of barbiturate groups is 1. The van der Waals surface area contributed by atoms with Gasteiger partial charge in [-0.1, -0.05) is 16.9 Å². The highest BCUT2D eigenvalue weighted by atomic mass is 32.2. The minimum Gasteiger partial charge on any atom is -0.372 e. The van der Waals surface area contributed by atoms with E-state index in [0.29, 0.717) is 5.56 Å². The van der Waals surface area contributed by atoms with Gasteiger partial charge in [-0.05, 0) is 25.5 Å². The zero-order valence-corrected chi connectivity index (χ0v) is 22.0. The van der Waals surface area contributed by atoms with E-state index in [4.69, 9.17) is 9.26 Å². The van der Waals surface area contributed by atoms with Crippen molar-refractivity contribution < 1.29 is 37.6 Å². The quantitative estimate of drug-likeness (QED) is 0.462. The third-order valence-electron chi connectivity index (χ3n) is 7.65. The van der Waals surface area contributed by atoms with E-state index >= 15 is 4.39 Å². The summed E-state index contributed by atoms with van der Waals surface area (Å²) < 4.78 is 27.6. The van der Waals surface area contributed by atoms with Gasteiger partial charge >= 0.3 is 6.03 Å². The molecule has 0 aliphatic carbocycles. The molecule has 4 aliphatic heterocycles. The van der Waals surface area contributed by atoms with Gasteiger partial charge in [0.1, 0.15) is 0 Å². The molecule has 6 amide bonds. The highest BCUT2D eigenvalue weighted by Gasteiger charge is 2.63. The smallest absolute Gasteiger partial charge is 0.328 e. The molecule has 0 bridgehead atoms. The van der Waals surface area contributed by atoms with E-state index in [1.165, 1.54) is 11.8 Å². The lowest BCUT2D eigenvalue weighted by atomic mass is 9.66. The number of imide groups is 2. The van der Waals surface area contributed by atoms with Crippen molar-refractivity contribution >= 4 is 63.2 Å². The van der Waals surface area contributed by atoms with Gasteiger partial charge in [0.2, 0.25) is 23.3 Å². The Balaban J connectivity index is 1.47. The Bertz CT molecular complexity index is 1440. The number of aromatic nitrogens is 1. The summed E-state index contributed by atoms with van der Waals surface area (Å²) in [5.41, 5.74) is -1.46. The van der Waals surface area contributed by atoms with Crippen molar-refractivity contribution in [1.82, 2.24) is 21.1 Å². The minimum atomic E-state index is -1.78. The Morgan fingerprint density at radius 3 is 2.64 bits per heavy atom. The van der Waals surface area contributed by atoms with Crippen LogP contribution in [0.25, 0.3) is 11.0 Å². The van der Waals surface area contributed by atoms with Gasteiger partial charge < -0.3 is 19.5 Å². The highest BCUT2D eigenvalue weighted by molar-refractivity contribution is 8.14. The molecule has 6 rings (SSSR count). The van der Waals surface area contributed by atoms with Gasteiger partial charge in [0.25, 0.3) is 5.24 Å². The van der Waals surface area contributed by atoms with Crippen LogP contribution in [0.2, 0.25) is 0 Å². The molecule has 3 N–H and O–H groups in total. The molecule has 0 saturated carbocycles. The molecular formula is C24H25FN6O7S. The summed E-state index contributed by atoms with van der Waals surface area (Å²) in [6, 6.07) is -0.249. The molecule has 1 aromatic heterocycles. The summed E-state index contributed by atoms with van der Waals surface area (Å²) in [5.74, 6) is -2.44. The number of hydrogen-bond acceptors (Lipinski definition) is 10. The molecule has 3 fully saturated rings. The van der Waals surface area contributed by atoms with Crippen LogP contribution in [0.5, 0.6) is 0 Å². The molecule has 0 unspecified atom stereocenters. The standard InChI is InChI=1S/C24H25FN6O7S/c1-9-7-30-16-12(5-24(18(30)10(2)37-9)20(33)27-22(35)28-21(24)34)4-14-17(15(16)25)38-29-19(14)31-8-13(39-23(31)36)6-26-11(3)32/h4,9-10,13,18H,5-8H2,1-3H3,(H,26,32)(H2,27,28,33,34,35)/t9-,10+,13+,18-/m1/s1. The van der Waals surface area contributed by atoms with Gasteiger partial charge in [0.05, 0.1) is 29.3 Å². The average molecular weight is 561 g/mol. The number of benzene rings is 1. The first-order valence-electron chi connectivity index (χ1n) is 12.4. The number of nitrogens with zero attached hydrogens (tertiary/aromatic N) is 3. The Kier molecular flexibility index (Phi) is 5.84. The summed E-state index contributed by atoms with van der Waals surface area (Å²) in [5, 5.41) is 10.7.